The Balaban J connectivity index is 1.78. The highest BCUT2D eigenvalue weighted by Gasteiger charge is 2.28. The highest BCUT2D eigenvalue weighted by Crippen LogP contribution is 2.33. The first-order valence-electron chi connectivity index (χ1n) is 8.19. The zero-order valence-electron chi connectivity index (χ0n) is 13.5. The molecule has 0 aliphatic heterocycles. The predicted molar refractivity (Wildman–Crippen MR) is 99.0 cm³/mol. The molecule has 25 heavy (non-hydrogen) atoms. The van der Waals surface area contributed by atoms with Gasteiger partial charge < -0.3 is 15.8 Å². The van der Waals surface area contributed by atoms with E-state index >= 15 is 0 Å². The van der Waals surface area contributed by atoms with Crippen molar-refractivity contribution < 1.29 is 5.11 Å². The molecule has 3 aromatic rings. The lowest BCUT2D eigenvalue weighted by Gasteiger charge is -2.12. The summed E-state index contributed by atoms with van der Waals surface area (Å²) >= 11 is 6.24. The molecule has 0 spiro atoms. The van der Waals surface area contributed by atoms with E-state index in [1.54, 1.807) is 0 Å². The van der Waals surface area contributed by atoms with Gasteiger partial charge in [0.25, 0.3) is 0 Å². The van der Waals surface area contributed by atoms with Gasteiger partial charge in [0.05, 0.1) is 16.9 Å². The minimum absolute atomic E-state index is 0.174. The number of fused-ring (bicyclic) bond motifs is 1. The van der Waals surface area contributed by atoms with Crippen LogP contribution >= 0.6 is 11.6 Å². The van der Waals surface area contributed by atoms with E-state index in [1.807, 2.05) is 24.4 Å². The summed E-state index contributed by atoms with van der Waals surface area (Å²) in [4.78, 5) is 11.4. The van der Waals surface area contributed by atoms with Crippen molar-refractivity contribution in [2.45, 2.75) is 31.3 Å². The second-order valence-corrected chi connectivity index (χ2v) is 6.78. The Morgan fingerprint density at radius 1 is 1.28 bits per heavy atom. The molecular weight excluding hydrogens is 336 g/mol. The molecule has 4 N–H and O–H groups in total. The molecule has 1 aromatic carbocycles. The number of nitrogen functional groups attached to an aromatic ring is 1. The molecule has 0 bridgehead atoms. The van der Waals surface area contributed by atoms with Gasteiger partial charge in [0.2, 0.25) is 5.95 Å². The number of halogens is 1. The molecule has 0 saturated heterocycles. The number of hydrogen-bond donors (Lipinski definition) is 3. The van der Waals surface area contributed by atoms with Crippen molar-refractivity contribution in [2.75, 3.05) is 5.73 Å². The minimum atomic E-state index is -0.847. The topological polar surface area (TPSA) is 87.8 Å². The quantitative estimate of drug-likeness (QED) is 0.585. The summed E-state index contributed by atoms with van der Waals surface area (Å²) in [5.74, 6) is 6.32. The van der Waals surface area contributed by atoms with Gasteiger partial charge in [-0.25, -0.2) is 9.97 Å². The molecule has 0 radical (unpaired) electrons. The molecule has 4 rings (SSSR count). The third-order valence-corrected chi connectivity index (χ3v) is 4.85. The van der Waals surface area contributed by atoms with Gasteiger partial charge in [-0.05, 0) is 43.9 Å². The Morgan fingerprint density at radius 2 is 2.08 bits per heavy atom. The number of aromatic nitrogens is 3. The predicted octanol–water partition coefficient (Wildman–Crippen LogP) is 3.52. The van der Waals surface area contributed by atoms with Crippen LogP contribution < -0.4 is 5.73 Å². The number of benzene rings is 1. The SMILES string of the molecule is Nc1ncc(Cl)c(-c2c[nH]c3ccc(C#CC4(O)CCCC4)cc23)n1. The van der Waals surface area contributed by atoms with Crippen molar-refractivity contribution >= 4 is 28.5 Å². The molecule has 2 aromatic heterocycles. The molecular formula is C19H17ClN4O. The molecule has 6 heteroatoms. The molecule has 5 nitrogen and oxygen atoms in total. The van der Waals surface area contributed by atoms with E-state index in [4.69, 9.17) is 17.3 Å². The lowest BCUT2D eigenvalue weighted by molar-refractivity contribution is 0.110. The lowest BCUT2D eigenvalue weighted by Crippen LogP contribution is -2.20. The van der Waals surface area contributed by atoms with Crippen LogP contribution in [0.4, 0.5) is 5.95 Å². The maximum atomic E-state index is 10.4. The summed E-state index contributed by atoms with van der Waals surface area (Å²) in [5.41, 5.74) is 8.07. The van der Waals surface area contributed by atoms with Gasteiger partial charge in [0.1, 0.15) is 5.60 Å². The second-order valence-electron chi connectivity index (χ2n) is 6.38. The maximum absolute atomic E-state index is 10.4. The molecule has 0 amide bonds. The van der Waals surface area contributed by atoms with Crippen LogP contribution in [-0.2, 0) is 0 Å². The number of rotatable bonds is 1. The normalized spacial score (nSPS) is 15.9. The van der Waals surface area contributed by atoms with E-state index in [2.05, 4.69) is 26.8 Å². The number of nitrogens with zero attached hydrogens (tertiary/aromatic N) is 2. The molecule has 1 aliphatic carbocycles. The van der Waals surface area contributed by atoms with Crippen molar-refractivity contribution in [1.82, 2.24) is 15.0 Å². The first-order valence-corrected chi connectivity index (χ1v) is 8.57. The second kappa shape index (κ2) is 6.07. The Morgan fingerprint density at radius 3 is 2.88 bits per heavy atom. The third kappa shape index (κ3) is 3.07. The van der Waals surface area contributed by atoms with Crippen molar-refractivity contribution in [3.8, 4) is 23.1 Å². The highest BCUT2D eigenvalue weighted by molar-refractivity contribution is 6.33. The zero-order valence-corrected chi connectivity index (χ0v) is 14.3. The number of nitrogens with two attached hydrogens (primary N) is 1. The van der Waals surface area contributed by atoms with Crippen LogP contribution in [-0.4, -0.2) is 25.7 Å². The fourth-order valence-corrected chi connectivity index (χ4v) is 3.43. The smallest absolute Gasteiger partial charge is 0.220 e. The van der Waals surface area contributed by atoms with Gasteiger partial charge in [-0.2, -0.15) is 0 Å². The van der Waals surface area contributed by atoms with Gasteiger partial charge in [-0.15, -0.1) is 0 Å². The fourth-order valence-electron chi connectivity index (χ4n) is 3.24. The fraction of sp³-hybridized carbons (Fsp3) is 0.263. The van der Waals surface area contributed by atoms with Crippen LogP contribution in [0.3, 0.4) is 0 Å². The van der Waals surface area contributed by atoms with Crippen molar-refractivity contribution in [3.63, 3.8) is 0 Å². The standard InChI is InChI=1S/C19H17ClN4O/c20-15-11-23-18(21)24-17(15)14-10-22-16-4-3-12(9-13(14)16)5-8-19(25)6-1-2-7-19/h3-4,9-11,22,25H,1-2,6-7H2,(H2,21,23,24). The average molecular weight is 353 g/mol. The minimum Gasteiger partial charge on any atom is -0.378 e. The Labute approximate surface area is 150 Å². The average Bonchev–Trinajstić information content (AvgIpc) is 3.22. The van der Waals surface area contributed by atoms with E-state index in [9.17, 15) is 5.11 Å². The number of H-pyrrole nitrogens is 1. The van der Waals surface area contributed by atoms with Crippen LogP contribution in [0.2, 0.25) is 5.02 Å². The highest BCUT2D eigenvalue weighted by atomic mass is 35.5. The molecule has 0 atom stereocenters. The lowest BCUT2D eigenvalue weighted by atomic mass is 10.0. The first-order chi connectivity index (χ1) is 12.0. The summed E-state index contributed by atoms with van der Waals surface area (Å²) in [6.45, 7) is 0. The third-order valence-electron chi connectivity index (χ3n) is 4.57. The number of anilines is 1. The Hall–Kier alpha value is -2.55. The van der Waals surface area contributed by atoms with Gasteiger partial charge in [-0.1, -0.05) is 23.4 Å². The van der Waals surface area contributed by atoms with Crippen LogP contribution in [0.15, 0.2) is 30.6 Å². The summed E-state index contributed by atoms with van der Waals surface area (Å²) in [6, 6.07) is 5.87. The maximum Gasteiger partial charge on any atom is 0.220 e. The van der Waals surface area contributed by atoms with E-state index < -0.39 is 5.60 Å². The summed E-state index contributed by atoms with van der Waals surface area (Å²) in [7, 11) is 0. The van der Waals surface area contributed by atoms with E-state index in [0.717, 1.165) is 47.7 Å². The monoisotopic (exact) mass is 352 g/mol. The van der Waals surface area contributed by atoms with Gasteiger partial charge in [0.15, 0.2) is 0 Å². The van der Waals surface area contributed by atoms with Crippen molar-refractivity contribution in [1.29, 1.82) is 0 Å². The summed E-state index contributed by atoms with van der Waals surface area (Å²) in [6.07, 6.45) is 6.89. The number of hydrogen-bond acceptors (Lipinski definition) is 4. The molecule has 1 aliphatic rings. The van der Waals surface area contributed by atoms with Crippen LogP contribution in [0.5, 0.6) is 0 Å². The number of nitrogens with one attached hydrogen (secondary N) is 1. The van der Waals surface area contributed by atoms with Gasteiger partial charge >= 0.3 is 0 Å². The Kier molecular flexibility index (Phi) is 3.87. The number of aromatic amines is 1. The van der Waals surface area contributed by atoms with E-state index in [0.29, 0.717) is 10.7 Å². The zero-order chi connectivity index (χ0) is 17.4. The first kappa shape index (κ1) is 15.9. The molecule has 1 fully saturated rings. The van der Waals surface area contributed by atoms with Crippen molar-refractivity contribution in [2.24, 2.45) is 0 Å². The van der Waals surface area contributed by atoms with Crippen molar-refractivity contribution in [3.05, 3.63) is 41.2 Å². The molecule has 126 valence electrons. The molecule has 1 saturated carbocycles. The van der Waals surface area contributed by atoms with E-state index in [1.165, 1.54) is 6.20 Å². The van der Waals surface area contributed by atoms with Crippen LogP contribution in [0.25, 0.3) is 22.2 Å². The largest absolute Gasteiger partial charge is 0.378 e. The van der Waals surface area contributed by atoms with Crippen LogP contribution in [0.1, 0.15) is 31.2 Å². The number of aliphatic hydroxyl groups is 1. The summed E-state index contributed by atoms with van der Waals surface area (Å²) < 4.78 is 0. The summed E-state index contributed by atoms with van der Waals surface area (Å²) in [5, 5.41) is 11.8. The van der Waals surface area contributed by atoms with E-state index in [-0.39, 0.29) is 5.95 Å². The molecule has 0 unspecified atom stereocenters. The van der Waals surface area contributed by atoms with Crippen LogP contribution in [0, 0.1) is 11.8 Å². The molecule has 2 heterocycles. The van der Waals surface area contributed by atoms with Gasteiger partial charge in [0, 0.05) is 28.2 Å². The van der Waals surface area contributed by atoms with Gasteiger partial charge in [-0.3, -0.25) is 0 Å². The Bertz CT molecular complexity index is 1010.